The summed E-state index contributed by atoms with van der Waals surface area (Å²) in [5.74, 6) is 0.917. The second kappa shape index (κ2) is 12.1. The van der Waals surface area contributed by atoms with Gasteiger partial charge in [0.2, 0.25) is 11.8 Å². The van der Waals surface area contributed by atoms with Crippen molar-refractivity contribution < 1.29 is 14.3 Å². The van der Waals surface area contributed by atoms with Gasteiger partial charge in [0.1, 0.15) is 11.9 Å². The van der Waals surface area contributed by atoms with E-state index >= 15 is 0 Å². The summed E-state index contributed by atoms with van der Waals surface area (Å²) in [6.45, 7) is 6.42. The van der Waals surface area contributed by atoms with Crippen LogP contribution in [0.2, 0.25) is 0 Å². The molecular weight excluding hydrogens is 405 g/mol. The molecule has 0 bridgehead atoms. The fourth-order valence-corrected chi connectivity index (χ4v) is 3.31. The zero-order chi connectivity index (χ0) is 18.4. The number of hydrogen-bond donors (Lipinski definition) is 2. The van der Waals surface area contributed by atoms with Crippen LogP contribution >= 0.6 is 24.8 Å². The highest BCUT2D eigenvalue weighted by Gasteiger charge is 2.28. The van der Waals surface area contributed by atoms with Gasteiger partial charge < -0.3 is 25.2 Å². The summed E-state index contributed by atoms with van der Waals surface area (Å²) in [6, 6.07) is 5.50. The van der Waals surface area contributed by atoms with E-state index in [2.05, 4.69) is 20.5 Å². The summed E-state index contributed by atoms with van der Waals surface area (Å²) in [5.41, 5.74) is 0. The Morgan fingerprint density at radius 3 is 2.64 bits per heavy atom. The van der Waals surface area contributed by atoms with Crippen LogP contribution in [-0.2, 0) is 14.3 Å². The minimum absolute atomic E-state index is 0. The molecule has 158 valence electrons. The molecule has 3 heterocycles. The average molecular weight is 434 g/mol. The zero-order valence-corrected chi connectivity index (χ0v) is 17.6. The molecule has 2 saturated heterocycles. The van der Waals surface area contributed by atoms with Gasteiger partial charge in [0.15, 0.2) is 0 Å². The molecule has 2 amide bonds. The molecule has 2 fully saturated rings. The number of ether oxygens (including phenoxy) is 1. The van der Waals surface area contributed by atoms with E-state index < -0.39 is 0 Å². The van der Waals surface area contributed by atoms with Crippen molar-refractivity contribution in [1.29, 1.82) is 0 Å². The second-order valence-corrected chi connectivity index (χ2v) is 6.60. The van der Waals surface area contributed by atoms with Gasteiger partial charge in [0, 0.05) is 51.9 Å². The van der Waals surface area contributed by atoms with Crippen molar-refractivity contribution in [3.63, 3.8) is 0 Å². The number of nitrogens with zero attached hydrogens (tertiary/aromatic N) is 3. The molecule has 2 aliphatic rings. The highest BCUT2D eigenvalue weighted by atomic mass is 35.5. The maximum atomic E-state index is 12.4. The number of morpholine rings is 1. The first-order valence-corrected chi connectivity index (χ1v) is 9.21. The molecule has 3 rings (SSSR count). The van der Waals surface area contributed by atoms with Crippen LogP contribution in [0.15, 0.2) is 24.4 Å². The van der Waals surface area contributed by atoms with Gasteiger partial charge in [0.05, 0.1) is 12.7 Å². The number of carbonyl (C=O) groups is 2. The minimum atomic E-state index is -0.347. The Kier molecular flexibility index (Phi) is 10.5. The number of carbonyl (C=O) groups excluding carboxylic acids is 2. The molecule has 0 radical (unpaired) electrons. The molecule has 1 aromatic rings. The summed E-state index contributed by atoms with van der Waals surface area (Å²) in [4.78, 5) is 32.9. The molecule has 0 spiro atoms. The normalized spacial score (nSPS) is 21.9. The first-order chi connectivity index (χ1) is 12.6. The Balaban J connectivity index is 0.00000196. The number of anilines is 1. The maximum absolute atomic E-state index is 12.4. The third-order valence-electron chi connectivity index (χ3n) is 4.84. The SMILES string of the molecule is C[C@H]1OCCN[C@@H]1C(=O)NCCC(=O)N1CCN(c2ccccn2)CC1.Cl.Cl. The van der Waals surface area contributed by atoms with Crippen molar-refractivity contribution in [2.75, 3.05) is 50.8 Å². The molecule has 1 aromatic heterocycles. The van der Waals surface area contributed by atoms with Crippen LogP contribution in [0, 0.1) is 0 Å². The predicted molar refractivity (Wildman–Crippen MR) is 112 cm³/mol. The molecule has 0 aromatic carbocycles. The van der Waals surface area contributed by atoms with Gasteiger partial charge in [0.25, 0.3) is 0 Å². The van der Waals surface area contributed by atoms with E-state index in [4.69, 9.17) is 4.74 Å². The van der Waals surface area contributed by atoms with Crippen LogP contribution in [0.4, 0.5) is 5.82 Å². The smallest absolute Gasteiger partial charge is 0.239 e. The molecule has 0 saturated carbocycles. The Morgan fingerprint density at radius 1 is 1.25 bits per heavy atom. The number of rotatable bonds is 5. The first-order valence-electron chi connectivity index (χ1n) is 9.21. The topological polar surface area (TPSA) is 86.8 Å². The minimum Gasteiger partial charge on any atom is -0.375 e. The number of amides is 2. The van der Waals surface area contributed by atoms with Crippen molar-refractivity contribution in [3.05, 3.63) is 24.4 Å². The number of nitrogens with one attached hydrogen (secondary N) is 2. The monoisotopic (exact) mass is 433 g/mol. The quantitative estimate of drug-likeness (QED) is 0.701. The molecule has 28 heavy (non-hydrogen) atoms. The fourth-order valence-electron chi connectivity index (χ4n) is 3.31. The van der Waals surface area contributed by atoms with Crippen LogP contribution in [0.5, 0.6) is 0 Å². The van der Waals surface area contributed by atoms with Crippen LogP contribution < -0.4 is 15.5 Å². The molecule has 10 heteroatoms. The number of pyridine rings is 1. The molecule has 8 nitrogen and oxygen atoms in total. The number of hydrogen-bond acceptors (Lipinski definition) is 6. The van der Waals surface area contributed by atoms with E-state index in [0.717, 1.165) is 18.9 Å². The molecule has 2 N–H and O–H groups in total. The summed E-state index contributed by atoms with van der Waals surface area (Å²) in [6.07, 6.45) is 1.94. The van der Waals surface area contributed by atoms with Crippen molar-refractivity contribution in [2.24, 2.45) is 0 Å². The Morgan fingerprint density at radius 2 is 2.00 bits per heavy atom. The number of piperazine rings is 1. The lowest BCUT2D eigenvalue weighted by Gasteiger charge is -2.35. The Hall–Kier alpha value is -1.61. The van der Waals surface area contributed by atoms with Gasteiger partial charge in [-0.05, 0) is 19.1 Å². The molecular formula is C18H29Cl2N5O3. The van der Waals surface area contributed by atoms with Crippen LogP contribution in [0.25, 0.3) is 0 Å². The Bertz CT molecular complexity index is 614. The van der Waals surface area contributed by atoms with Gasteiger partial charge in [-0.2, -0.15) is 0 Å². The van der Waals surface area contributed by atoms with Crippen molar-refractivity contribution >= 4 is 42.4 Å². The van der Waals surface area contributed by atoms with E-state index in [1.54, 1.807) is 6.20 Å². The average Bonchev–Trinajstić information content (AvgIpc) is 2.69. The highest BCUT2D eigenvalue weighted by molar-refractivity contribution is 5.85. The lowest BCUT2D eigenvalue weighted by atomic mass is 10.1. The molecule has 0 unspecified atom stereocenters. The second-order valence-electron chi connectivity index (χ2n) is 6.60. The van der Waals surface area contributed by atoms with E-state index in [9.17, 15) is 9.59 Å². The summed E-state index contributed by atoms with van der Waals surface area (Å²) in [7, 11) is 0. The van der Waals surface area contributed by atoms with Crippen LogP contribution in [0.1, 0.15) is 13.3 Å². The highest BCUT2D eigenvalue weighted by Crippen LogP contribution is 2.13. The molecule has 0 aliphatic carbocycles. The third kappa shape index (κ3) is 6.48. The predicted octanol–water partition coefficient (Wildman–Crippen LogP) is 0.457. The number of halogens is 2. The van der Waals surface area contributed by atoms with Gasteiger partial charge in [-0.25, -0.2) is 4.98 Å². The lowest BCUT2D eigenvalue weighted by Crippen LogP contribution is -2.55. The molecule has 2 atom stereocenters. The largest absolute Gasteiger partial charge is 0.375 e. The van der Waals surface area contributed by atoms with Gasteiger partial charge in [-0.1, -0.05) is 6.07 Å². The van der Waals surface area contributed by atoms with E-state index in [-0.39, 0.29) is 48.8 Å². The van der Waals surface area contributed by atoms with Crippen molar-refractivity contribution in [1.82, 2.24) is 20.5 Å². The first kappa shape index (κ1) is 24.4. The van der Waals surface area contributed by atoms with Crippen LogP contribution in [-0.4, -0.2) is 79.7 Å². The zero-order valence-electron chi connectivity index (χ0n) is 16.0. The summed E-state index contributed by atoms with van der Waals surface area (Å²) >= 11 is 0. The third-order valence-corrected chi connectivity index (χ3v) is 4.84. The summed E-state index contributed by atoms with van der Waals surface area (Å²) in [5, 5.41) is 5.98. The fraction of sp³-hybridized carbons (Fsp3) is 0.611. The maximum Gasteiger partial charge on any atom is 0.239 e. The summed E-state index contributed by atoms with van der Waals surface area (Å²) < 4.78 is 5.47. The van der Waals surface area contributed by atoms with Gasteiger partial charge >= 0.3 is 0 Å². The van der Waals surface area contributed by atoms with Gasteiger partial charge in [-0.15, -0.1) is 24.8 Å². The number of aromatic nitrogens is 1. The van der Waals surface area contributed by atoms with E-state index in [0.29, 0.717) is 39.2 Å². The van der Waals surface area contributed by atoms with Crippen LogP contribution in [0.3, 0.4) is 0 Å². The molecule has 2 aliphatic heterocycles. The van der Waals surface area contributed by atoms with Crippen molar-refractivity contribution in [2.45, 2.75) is 25.5 Å². The standard InChI is InChI=1S/C18H27N5O3.2ClH/c1-14-17(20-8-13-26-14)18(25)21-7-5-16(24)23-11-9-22(10-12-23)15-4-2-3-6-19-15;;/h2-4,6,14,17,20H,5,7-13H2,1H3,(H,21,25);2*1H/t14-,17+;;/m1../s1. The van der Waals surface area contributed by atoms with E-state index in [1.165, 1.54) is 0 Å². The Labute approximate surface area is 178 Å². The van der Waals surface area contributed by atoms with Gasteiger partial charge in [-0.3, -0.25) is 9.59 Å². The van der Waals surface area contributed by atoms with Crippen molar-refractivity contribution in [3.8, 4) is 0 Å². The van der Waals surface area contributed by atoms with E-state index in [1.807, 2.05) is 30.0 Å². The lowest BCUT2D eigenvalue weighted by molar-refractivity contribution is -0.132.